The van der Waals surface area contributed by atoms with Gasteiger partial charge >= 0.3 is 0 Å². The summed E-state index contributed by atoms with van der Waals surface area (Å²) in [6.07, 6.45) is 3.01. The maximum atomic E-state index is 12.5. The van der Waals surface area contributed by atoms with E-state index >= 15 is 0 Å². The molecule has 0 aliphatic heterocycles. The van der Waals surface area contributed by atoms with Crippen molar-refractivity contribution in [3.8, 4) is 23.3 Å². The Morgan fingerprint density at radius 2 is 1.84 bits per heavy atom. The van der Waals surface area contributed by atoms with E-state index in [0.29, 0.717) is 54.8 Å². The number of aryl methyl sites for hydroxylation is 1. The van der Waals surface area contributed by atoms with Crippen LogP contribution in [-0.2, 0) is 14.6 Å². The fraction of sp³-hybridized carbons (Fsp3) is 0.280. The van der Waals surface area contributed by atoms with Crippen LogP contribution >= 0.6 is 11.5 Å². The highest BCUT2D eigenvalue weighted by Crippen LogP contribution is 2.30. The van der Waals surface area contributed by atoms with Crippen molar-refractivity contribution < 1.29 is 27.4 Å². The van der Waals surface area contributed by atoms with E-state index in [1.165, 1.54) is 6.08 Å². The Bertz CT molecular complexity index is 1430. The molecular formula is C25H26N4O6S2. The van der Waals surface area contributed by atoms with Crippen LogP contribution in [0, 0.1) is 18.3 Å². The second kappa shape index (κ2) is 12.8. The predicted octanol–water partition coefficient (Wildman–Crippen LogP) is 4.04. The Morgan fingerprint density at radius 1 is 1.11 bits per heavy atom. The van der Waals surface area contributed by atoms with Gasteiger partial charge in [0.15, 0.2) is 11.5 Å². The molecule has 0 fully saturated rings. The summed E-state index contributed by atoms with van der Waals surface area (Å²) in [6, 6.07) is 14.7. The molecule has 1 heterocycles. The number of sulfone groups is 1. The average molecular weight is 543 g/mol. The van der Waals surface area contributed by atoms with E-state index in [0.717, 1.165) is 17.6 Å². The minimum atomic E-state index is -3.61. The first kappa shape index (κ1) is 27.6. The zero-order valence-corrected chi connectivity index (χ0v) is 22.2. The van der Waals surface area contributed by atoms with Crippen LogP contribution in [0.1, 0.15) is 24.5 Å². The molecule has 1 aromatic heterocycles. The highest BCUT2D eigenvalue weighted by atomic mass is 32.2. The molecule has 0 aliphatic carbocycles. The minimum absolute atomic E-state index is 0.0308. The van der Waals surface area contributed by atoms with Gasteiger partial charge < -0.3 is 14.2 Å². The van der Waals surface area contributed by atoms with Gasteiger partial charge in [0.25, 0.3) is 11.1 Å². The highest BCUT2D eigenvalue weighted by molar-refractivity contribution is 7.90. The van der Waals surface area contributed by atoms with E-state index in [9.17, 15) is 18.5 Å². The van der Waals surface area contributed by atoms with Gasteiger partial charge in [-0.15, -0.1) is 0 Å². The number of nitrogens with zero attached hydrogens (tertiary/aromatic N) is 3. The molecule has 0 bridgehead atoms. The van der Waals surface area contributed by atoms with Crippen LogP contribution in [-0.4, -0.2) is 49.8 Å². The third-order valence-electron chi connectivity index (χ3n) is 4.80. The number of nitriles is 1. The molecule has 0 aliphatic rings. The number of nitrogens with one attached hydrogen (secondary N) is 1. The van der Waals surface area contributed by atoms with E-state index in [4.69, 9.17) is 14.2 Å². The van der Waals surface area contributed by atoms with Gasteiger partial charge in [0.1, 0.15) is 17.4 Å². The Morgan fingerprint density at radius 3 is 2.49 bits per heavy atom. The number of aromatic nitrogens is 2. The van der Waals surface area contributed by atoms with E-state index in [2.05, 4.69) is 14.7 Å². The number of rotatable bonds is 12. The van der Waals surface area contributed by atoms with E-state index in [1.807, 2.05) is 44.2 Å². The van der Waals surface area contributed by atoms with Crippen molar-refractivity contribution in [2.45, 2.75) is 25.4 Å². The summed E-state index contributed by atoms with van der Waals surface area (Å²) in [6.45, 7) is 5.12. The first-order valence-corrected chi connectivity index (χ1v) is 13.9. The summed E-state index contributed by atoms with van der Waals surface area (Å²) < 4.78 is 44.1. The Kier molecular flexibility index (Phi) is 9.59. The number of benzene rings is 2. The lowest BCUT2D eigenvalue weighted by atomic mass is 10.1. The summed E-state index contributed by atoms with van der Waals surface area (Å²) in [4.78, 5) is 16.3. The van der Waals surface area contributed by atoms with Gasteiger partial charge in [-0.1, -0.05) is 24.3 Å². The number of hydrogen-bond donors (Lipinski definition) is 1. The second-order valence-corrected chi connectivity index (χ2v) is 10.4. The first-order valence-electron chi connectivity index (χ1n) is 11.3. The lowest BCUT2D eigenvalue weighted by Crippen LogP contribution is -2.13. The number of ether oxygens (including phenoxy) is 3. The van der Waals surface area contributed by atoms with Crippen LogP contribution in [0.2, 0.25) is 0 Å². The molecule has 3 rings (SSSR count). The molecule has 0 radical (unpaired) electrons. The van der Waals surface area contributed by atoms with Gasteiger partial charge in [0.05, 0.1) is 19.8 Å². The number of hydrogen-bond acceptors (Lipinski definition) is 10. The fourth-order valence-corrected chi connectivity index (χ4v) is 4.47. The van der Waals surface area contributed by atoms with Crippen LogP contribution in [0.25, 0.3) is 6.08 Å². The topological polar surface area (TPSA) is 140 Å². The maximum Gasteiger partial charge on any atom is 0.268 e. The molecular weight excluding hydrogens is 516 g/mol. The van der Waals surface area contributed by atoms with Crippen molar-refractivity contribution in [2.24, 2.45) is 0 Å². The molecule has 37 heavy (non-hydrogen) atoms. The molecule has 0 saturated carbocycles. The molecule has 1 N–H and O–H groups in total. The number of para-hydroxylation sites is 1. The van der Waals surface area contributed by atoms with Crippen molar-refractivity contribution in [3.05, 3.63) is 59.2 Å². The van der Waals surface area contributed by atoms with Gasteiger partial charge in [0.2, 0.25) is 15.0 Å². The smallest absolute Gasteiger partial charge is 0.268 e. The molecule has 3 aromatic rings. The van der Waals surface area contributed by atoms with E-state index in [1.54, 1.807) is 18.2 Å². The highest BCUT2D eigenvalue weighted by Gasteiger charge is 2.18. The van der Waals surface area contributed by atoms with Crippen LogP contribution in [0.3, 0.4) is 0 Å². The molecule has 2 aromatic carbocycles. The van der Waals surface area contributed by atoms with Crippen LogP contribution in [0.5, 0.6) is 17.2 Å². The number of anilines is 1. The molecule has 0 unspecified atom stereocenters. The molecule has 0 saturated heterocycles. The summed E-state index contributed by atoms with van der Waals surface area (Å²) in [5.74, 6) is 1.09. The van der Waals surface area contributed by atoms with Crippen molar-refractivity contribution in [1.29, 1.82) is 5.26 Å². The van der Waals surface area contributed by atoms with Gasteiger partial charge in [-0.05, 0) is 49.2 Å². The Balaban J connectivity index is 1.63. The second-order valence-electron chi connectivity index (χ2n) is 7.73. The lowest BCUT2D eigenvalue weighted by Gasteiger charge is -2.13. The molecule has 12 heteroatoms. The molecule has 0 spiro atoms. The maximum absolute atomic E-state index is 12.5. The van der Waals surface area contributed by atoms with Crippen molar-refractivity contribution in [1.82, 2.24) is 9.36 Å². The summed E-state index contributed by atoms with van der Waals surface area (Å²) in [5.41, 5.74) is 1.40. The largest absolute Gasteiger partial charge is 0.493 e. The number of carbonyl (C=O) groups is 1. The molecule has 0 atom stereocenters. The van der Waals surface area contributed by atoms with Crippen LogP contribution in [0.15, 0.2) is 53.2 Å². The zero-order chi connectivity index (χ0) is 26.8. The zero-order valence-electron chi connectivity index (χ0n) is 20.6. The summed E-state index contributed by atoms with van der Waals surface area (Å²) in [7, 11) is -3.61. The summed E-state index contributed by atoms with van der Waals surface area (Å²) >= 11 is 0.706. The van der Waals surface area contributed by atoms with Gasteiger partial charge in [-0.3, -0.25) is 10.1 Å². The molecule has 194 valence electrons. The normalized spacial score (nSPS) is 11.5. The number of amides is 1. The van der Waals surface area contributed by atoms with Gasteiger partial charge in [0, 0.05) is 24.2 Å². The minimum Gasteiger partial charge on any atom is -0.493 e. The van der Waals surface area contributed by atoms with Crippen molar-refractivity contribution in [2.75, 3.05) is 31.4 Å². The number of carbonyl (C=O) groups excluding carboxylic acids is 1. The molecule has 10 nitrogen and oxygen atoms in total. The lowest BCUT2D eigenvalue weighted by molar-refractivity contribution is -0.112. The third kappa shape index (κ3) is 8.03. The monoisotopic (exact) mass is 542 g/mol. The van der Waals surface area contributed by atoms with E-state index in [-0.39, 0.29) is 10.7 Å². The van der Waals surface area contributed by atoms with Crippen molar-refractivity contribution in [3.63, 3.8) is 0 Å². The van der Waals surface area contributed by atoms with Crippen LogP contribution < -0.4 is 19.5 Å². The third-order valence-corrected chi connectivity index (χ3v) is 6.39. The van der Waals surface area contributed by atoms with Crippen molar-refractivity contribution >= 4 is 38.5 Å². The Hall–Kier alpha value is -3.95. The summed E-state index contributed by atoms with van der Waals surface area (Å²) in [5, 5.41) is 11.5. The first-order chi connectivity index (χ1) is 17.7. The van der Waals surface area contributed by atoms with Gasteiger partial charge in [-0.25, -0.2) is 8.42 Å². The fourth-order valence-electron chi connectivity index (χ4n) is 3.03. The quantitative estimate of drug-likeness (QED) is 0.204. The SMILES string of the molecule is CCOc1cc(/C=C(/C#N)C(=O)Nc2nc(S(C)(=O)=O)ns2)ccc1OCCCOc1ccccc1C. The Labute approximate surface area is 219 Å². The molecule has 1 amide bonds. The average Bonchev–Trinajstić information content (AvgIpc) is 3.34. The van der Waals surface area contributed by atoms with Gasteiger partial charge in [-0.2, -0.15) is 14.6 Å². The predicted molar refractivity (Wildman–Crippen MR) is 140 cm³/mol. The van der Waals surface area contributed by atoms with E-state index < -0.39 is 20.9 Å². The van der Waals surface area contributed by atoms with Crippen LogP contribution in [0.4, 0.5) is 5.13 Å². The standard InChI is InChI=1S/C25H26N4O6S2/c1-4-33-22-15-18(10-11-21(22)35-13-7-12-34-20-9-6-5-8-17(20)2)14-19(16-26)23(30)27-24-28-25(29-36-24)37(3,31)32/h5-6,8-11,14-15H,4,7,12-13H2,1-3H3,(H,27,28,29,30)/b19-14-.